The van der Waals surface area contributed by atoms with Crippen molar-refractivity contribution < 1.29 is 4.74 Å². The first kappa shape index (κ1) is 16.2. The lowest BCUT2D eigenvalue weighted by atomic mass is 9.93. The minimum Gasteiger partial charge on any atom is -0.476 e. The summed E-state index contributed by atoms with van der Waals surface area (Å²) in [5.41, 5.74) is 2.69. The van der Waals surface area contributed by atoms with Crippen molar-refractivity contribution in [2.45, 2.75) is 32.1 Å². The van der Waals surface area contributed by atoms with Gasteiger partial charge in [-0.15, -0.1) is 10.2 Å². The first-order valence-corrected chi connectivity index (χ1v) is 9.39. The van der Waals surface area contributed by atoms with E-state index in [1.807, 2.05) is 12.3 Å². The van der Waals surface area contributed by atoms with Crippen molar-refractivity contribution in [3.63, 3.8) is 0 Å². The molecule has 8 nitrogen and oxygen atoms in total. The number of nitrogens with one attached hydrogen (secondary N) is 1. The Morgan fingerprint density at radius 2 is 2.15 bits per heavy atom. The summed E-state index contributed by atoms with van der Waals surface area (Å²) in [7, 11) is 0. The van der Waals surface area contributed by atoms with E-state index in [9.17, 15) is 0 Å². The molecular formula is C19H21N7O. The van der Waals surface area contributed by atoms with Crippen LogP contribution in [0.1, 0.15) is 37.9 Å². The van der Waals surface area contributed by atoms with Gasteiger partial charge in [0.05, 0.1) is 24.5 Å². The van der Waals surface area contributed by atoms with Crippen molar-refractivity contribution >= 4 is 16.8 Å². The molecule has 0 saturated heterocycles. The molecular weight excluding hydrogens is 342 g/mol. The molecule has 0 amide bonds. The van der Waals surface area contributed by atoms with E-state index in [4.69, 9.17) is 4.74 Å². The van der Waals surface area contributed by atoms with Crippen LogP contribution in [0.5, 0.6) is 5.88 Å². The van der Waals surface area contributed by atoms with E-state index in [1.54, 1.807) is 24.8 Å². The Labute approximate surface area is 156 Å². The number of hydrogen-bond acceptors (Lipinski definition) is 6. The van der Waals surface area contributed by atoms with Gasteiger partial charge >= 0.3 is 0 Å². The Morgan fingerprint density at radius 1 is 1.19 bits per heavy atom. The second-order valence-electron chi connectivity index (χ2n) is 7.19. The third-order valence-corrected chi connectivity index (χ3v) is 5.62. The van der Waals surface area contributed by atoms with E-state index < -0.39 is 0 Å². The van der Waals surface area contributed by atoms with Gasteiger partial charge in [0.15, 0.2) is 11.3 Å². The van der Waals surface area contributed by atoms with E-state index >= 15 is 0 Å². The molecule has 0 aliphatic heterocycles. The SMILES string of the molecule is CC[C@H]1C[C@@H](COc2cnccn2)C[C@H]1c1nnc2cnc3[nH]ccc3n12. The van der Waals surface area contributed by atoms with Gasteiger partial charge in [-0.1, -0.05) is 13.3 Å². The normalized spacial score (nSPS) is 22.6. The van der Waals surface area contributed by atoms with Crippen molar-refractivity contribution in [3.05, 3.63) is 42.9 Å². The average molecular weight is 363 g/mol. The fraction of sp³-hybridized carbons (Fsp3) is 0.421. The molecule has 5 rings (SSSR count). The third-order valence-electron chi connectivity index (χ3n) is 5.62. The monoisotopic (exact) mass is 363 g/mol. The Bertz CT molecular complexity index is 1060. The first-order valence-electron chi connectivity index (χ1n) is 9.39. The van der Waals surface area contributed by atoms with Crippen LogP contribution in [0, 0.1) is 11.8 Å². The quantitative estimate of drug-likeness (QED) is 0.586. The maximum atomic E-state index is 5.86. The number of aromatic amines is 1. The van der Waals surface area contributed by atoms with Crippen LogP contribution in [-0.2, 0) is 0 Å². The molecule has 138 valence electrons. The zero-order chi connectivity index (χ0) is 18.2. The van der Waals surface area contributed by atoms with Gasteiger partial charge in [-0.05, 0) is 30.7 Å². The van der Waals surface area contributed by atoms with Crippen LogP contribution in [0.15, 0.2) is 37.1 Å². The molecule has 4 heterocycles. The zero-order valence-electron chi connectivity index (χ0n) is 15.1. The molecule has 0 radical (unpaired) electrons. The van der Waals surface area contributed by atoms with Crippen LogP contribution in [0.2, 0.25) is 0 Å². The fourth-order valence-electron chi connectivity index (χ4n) is 4.35. The van der Waals surface area contributed by atoms with Crippen LogP contribution in [-0.4, -0.2) is 41.1 Å². The van der Waals surface area contributed by atoms with Crippen LogP contribution in [0.4, 0.5) is 0 Å². The highest BCUT2D eigenvalue weighted by molar-refractivity contribution is 5.74. The number of fused-ring (bicyclic) bond motifs is 3. The molecule has 1 saturated carbocycles. The molecule has 27 heavy (non-hydrogen) atoms. The minimum absolute atomic E-state index is 0.362. The molecule has 8 heteroatoms. The van der Waals surface area contributed by atoms with E-state index in [1.165, 1.54) is 0 Å². The number of ether oxygens (including phenoxy) is 1. The molecule has 1 N–H and O–H groups in total. The molecule has 1 fully saturated rings. The Kier molecular flexibility index (Phi) is 3.95. The molecule has 1 aliphatic carbocycles. The third kappa shape index (κ3) is 2.81. The molecule has 1 aliphatic rings. The maximum Gasteiger partial charge on any atom is 0.232 e. The van der Waals surface area contributed by atoms with Gasteiger partial charge in [-0.2, -0.15) is 0 Å². The second-order valence-corrected chi connectivity index (χ2v) is 7.19. The highest BCUT2D eigenvalue weighted by Gasteiger charge is 2.37. The van der Waals surface area contributed by atoms with Gasteiger partial charge < -0.3 is 9.72 Å². The van der Waals surface area contributed by atoms with Gasteiger partial charge in [0.25, 0.3) is 0 Å². The zero-order valence-corrected chi connectivity index (χ0v) is 15.1. The highest BCUT2D eigenvalue weighted by Crippen LogP contribution is 2.44. The number of rotatable bonds is 5. The fourth-order valence-corrected chi connectivity index (χ4v) is 4.35. The molecule has 0 bridgehead atoms. The summed E-state index contributed by atoms with van der Waals surface area (Å²) in [5.74, 6) is 3.02. The predicted octanol–water partition coefficient (Wildman–Crippen LogP) is 2.99. The molecule has 4 aromatic heterocycles. The van der Waals surface area contributed by atoms with Crippen molar-refractivity contribution in [2.75, 3.05) is 6.61 Å². The number of H-pyrrole nitrogens is 1. The van der Waals surface area contributed by atoms with Crippen LogP contribution in [0.25, 0.3) is 16.8 Å². The summed E-state index contributed by atoms with van der Waals surface area (Å²) in [4.78, 5) is 15.8. The number of nitrogens with zero attached hydrogens (tertiary/aromatic N) is 6. The molecule has 0 spiro atoms. The predicted molar refractivity (Wildman–Crippen MR) is 99.4 cm³/mol. The largest absolute Gasteiger partial charge is 0.476 e. The lowest BCUT2D eigenvalue weighted by Crippen LogP contribution is -2.10. The standard InChI is InChI=1S/C19H21N7O/c1-2-13-7-12(11-27-17-10-20-5-6-21-17)8-14(13)19-25-24-16-9-23-18-15(26(16)19)3-4-22-18/h3-6,9-10,12-14,22H,2,7-8,11H2,1H3/t12-,13+,14-/m1/s1. The lowest BCUT2D eigenvalue weighted by Gasteiger charge is -2.16. The van der Waals surface area contributed by atoms with Crippen molar-refractivity contribution in [3.8, 4) is 5.88 Å². The molecule has 0 aromatic carbocycles. The summed E-state index contributed by atoms with van der Waals surface area (Å²) in [6.07, 6.45) is 11.9. The van der Waals surface area contributed by atoms with Gasteiger partial charge in [0, 0.05) is 24.5 Å². The van der Waals surface area contributed by atoms with E-state index in [-0.39, 0.29) is 0 Å². The number of hydrogen-bond donors (Lipinski definition) is 1. The highest BCUT2D eigenvalue weighted by atomic mass is 16.5. The summed E-state index contributed by atoms with van der Waals surface area (Å²) in [6.45, 7) is 2.91. The summed E-state index contributed by atoms with van der Waals surface area (Å²) < 4.78 is 8.01. The van der Waals surface area contributed by atoms with Gasteiger partial charge in [0.2, 0.25) is 5.88 Å². The minimum atomic E-state index is 0.362. The van der Waals surface area contributed by atoms with Gasteiger partial charge in [-0.25, -0.2) is 9.97 Å². The Hall–Kier alpha value is -3.03. The lowest BCUT2D eigenvalue weighted by molar-refractivity contribution is 0.238. The topological polar surface area (TPSA) is 93.9 Å². The van der Waals surface area contributed by atoms with Crippen molar-refractivity contribution in [2.24, 2.45) is 11.8 Å². The molecule has 0 unspecified atom stereocenters. The van der Waals surface area contributed by atoms with Crippen LogP contribution < -0.4 is 4.74 Å². The Morgan fingerprint density at radius 3 is 3.00 bits per heavy atom. The smallest absolute Gasteiger partial charge is 0.232 e. The van der Waals surface area contributed by atoms with E-state index in [2.05, 4.69) is 41.5 Å². The number of aromatic nitrogens is 7. The molecule has 4 aromatic rings. The van der Waals surface area contributed by atoms with Crippen LogP contribution in [0.3, 0.4) is 0 Å². The molecule has 3 atom stereocenters. The average Bonchev–Trinajstić information content (AvgIpc) is 3.43. The van der Waals surface area contributed by atoms with Crippen molar-refractivity contribution in [1.82, 2.24) is 34.5 Å². The summed E-state index contributed by atoms with van der Waals surface area (Å²) in [5, 5.41) is 8.92. The van der Waals surface area contributed by atoms with Crippen LogP contribution >= 0.6 is 0 Å². The second kappa shape index (κ2) is 6.61. The van der Waals surface area contributed by atoms with Gasteiger partial charge in [0.1, 0.15) is 5.82 Å². The summed E-state index contributed by atoms with van der Waals surface area (Å²) in [6, 6.07) is 2.03. The first-order chi connectivity index (χ1) is 13.3. The maximum absolute atomic E-state index is 5.86. The Balaban J connectivity index is 1.42. The summed E-state index contributed by atoms with van der Waals surface area (Å²) >= 11 is 0. The van der Waals surface area contributed by atoms with E-state index in [0.29, 0.717) is 30.2 Å². The van der Waals surface area contributed by atoms with Gasteiger partial charge in [-0.3, -0.25) is 9.38 Å². The van der Waals surface area contributed by atoms with Crippen molar-refractivity contribution in [1.29, 1.82) is 0 Å². The van der Waals surface area contributed by atoms with E-state index in [0.717, 1.165) is 41.9 Å².